The smallest absolute Gasteiger partial charge is 0.222 e. The van der Waals surface area contributed by atoms with Crippen LogP contribution in [-0.2, 0) is 10.3 Å². The van der Waals surface area contributed by atoms with E-state index in [0.29, 0.717) is 6.42 Å². The number of nitrogens with one attached hydrogen (secondary N) is 2. The Morgan fingerprint density at radius 2 is 1.86 bits per heavy atom. The summed E-state index contributed by atoms with van der Waals surface area (Å²) in [6.45, 7) is 4.25. The average molecular weight is 379 g/mol. The predicted octanol–water partition coefficient (Wildman–Crippen LogP) is 4.93. The topological polar surface area (TPSA) is 62.7 Å². The molecule has 1 atom stereocenters. The summed E-state index contributed by atoms with van der Waals surface area (Å²) in [6.07, 6.45) is 10.5. The number of hydrogen-bond acceptors (Lipinski definition) is 2. The minimum absolute atomic E-state index is 0.0960. The summed E-state index contributed by atoms with van der Waals surface area (Å²) >= 11 is 0. The predicted molar refractivity (Wildman–Crippen MR) is 112 cm³/mol. The van der Waals surface area contributed by atoms with E-state index in [-0.39, 0.29) is 23.4 Å². The van der Waals surface area contributed by atoms with Crippen LogP contribution in [0.1, 0.15) is 64.2 Å². The number of fused-ring (bicyclic) bond motifs is 1. The SMILES string of the molecule is CC(C)[C@H](NC(=O)CC1(n2cccc2)CCCCC1)c1nc2ccccc2[nH]1. The van der Waals surface area contributed by atoms with Gasteiger partial charge < -0.3 is 14.9 Å². The molecule has 1 fully saturated rings. The lowest BCUT2D eigenvalue weighted by Gasteiger charge is -2.39. The standard InChI is InChI=1S/C23H30N4O/c1-17(2)21(22-24-18-10-4-5-11-19(18)25-22)26-20(28)16-23(12-6-3-7-13-23)27-14-8-9-15-27/h4-5,8-11,14-15,17,21H,3,6-7,12-13,16H2,1-2H3,(H,24,25)(H,26,28)/t21-/m0/s1. The van der Waals surface area contributed by atoms with Gasteiger partial charge in [-0.15, -0.1) is 0 Å². The third-order valence-corrected chi connectivity index (χ3v) is 6.11. The van der Waals surface area contributed by atoms with Crippen LogP contribution in [0.25, 0.3) is 11.0 Å². The van der Waals surface area contributed by atoms with Gasteiger partial charge >= 0.3 is 0 Å². The number of aromatic nitrogens is 3. The molecule has 0 aliphatic heterocycles. The van der Waals surface area contributed by atoms with E-state index in [2.05, 4.69) is 53.2 Å². The van der Waals surface area contributed by atoms with Crippen LogP contribution in [0.15, 0.2) is 48.8 Å². The molecular formula is C23H30N4O. The van der Waals surface area contributed by atoms with Gasteiger partial charge in [-0.2, -0.15) is 0 Å². The molecule has 1 aliphatic rings. The lowest BCUT2D eigenvalue weighted by Crippen LogP contribution is -2.42. The second kappa shape index (κ2) is 7.82. The fourth-order valence-corrected chi connectivity index (χ4v) is 4.58. The number of nitrogens with zero attached hydrogens (tertiary/aromatic N) is 2. The van der Waals surface area contributed by atoms with Gasteiger partial charge in [-0.3, -0.25) is 4.79 Å². The number of aromatic amines is 1. The van der Waals surface area contributed by atoms with Gasteiger partial charge in [-0.05, 0) is 43.0 Å². The van der Waals surface area contributed by atoms with E-state index in [4.69, 9.17) is 4.98 Å². The third kappa shape index (κ3) is 3.71. The molecule has 4 rings (SSSR count). The number of para-hydroxylation sites is 2. The van der Waals surface area contributed by atoms with Crippen LogP contribution in [0.5, 0.6) is 0 Å². The average Bonchev–Trinajstić information content (AvgIpc) is 3.36. The molecule has 2 N–H and O–H groups in total. The summed E-state index contributed by atoms with van der Waals surface area (Å²) in [6, 6.07) is 12.0. The van der Waals surface area contributed by atoms with E-state index in [0.717, 1.165) is 29.7 Å². The molecule has 0 saturated heterocycles. The molecule has 28 heavy (non-hydrogen) atoms. The van der Waals surface area contributed by atoms with Crippen LogP contribution in [-0.4, -0.2) is 20.4 Å². The van der Waals surface area contributed by atoms with Gasteiger partial charge in [0.1, 0.15) is 5.82 Å². The van der Waals surface area contributed by atoms with Crippen molar-refractivity contribution in [2.75, 3.05) is 0 Å². The molecule has 1 aliphatic carbocycles. The van der Waals surface area contributed by atoms with Crippen molar-refractivity contribution < 1.29 is 4.79 Å². The quantitative estimate of drug-likeness (QED) is 0.639. The minimum atomic E-state index is -0.120. The van der Waals surface area contributed by atoms with E-state index >= 15 is 0 Å². The van der Waals surface area contributed by atoms with Gasteiger partial charge in [-0.1, -0.05) is 45.2 Å². The first-order chi connectivity index (χ1) is 13.6. The maximum atomic E-state index is 13.1. The van der Waals surface area contributed by atoms with Crippen LogP contribution >= 0.6 is 0 Å². The van der Waals surface area contributed by atoms with Crippen LogP contribution in [0.2, 0.25) is 0 Å². The van der Waals surface area contributed by atoms with Crippen molar-refractivity contribution in [3.8, 4) is 0 Å². The number of H-pyrrole nitrogens is 1. The van der Waals surface area contributed by atoms with Crippen molar-refractivity contribution in [2.24, 2.45) is 5.92 Å². The van der Waals surface area contributed by atoms with Crippen LogP contribution < -0.4 is 5.32 Å². The minimum Gasteiger partial charge on any atom is -0.348 e. The molecule has 1 amide bonds. The molecule has 3 aromatic rings. The van der Waals surface area contributed by atoms with E-state index in [9.17, 15) is 4.79 Å². The lowest BCUT2D eigenvalue weighted by molar-refractivity contribution is -0.124. The van der Waals surface area contributed by atoms with Gasteiger partial charge in [0.2, 0.25) is 5.91 Å². The molecule has 5 heteroatoms. The first-order valence-electron chi connectivity index (χ1n) is 10.4. The highest BCUT2D eigenvalue weighted by atomic mass is 16.1. The molecule has 0 bridgehead atoms. The largest absolute Gasteiger partial charge is 0.348 e. The Morgan fingerprint density at radius 1 is 1.14 bits per heavy atom. The highest BCUT2D eigenvalue weighted by molar-refractivity contribution is 5.78. The van der Waals surface area contributed by atoms with Crippen molar-refractivity contribution >= 4 is 16.9 Å². The van der Waals surface area contributed by atoms with E-state index in [1.54, 1.807) is 0 Å². The second-order valence-corrected chi connectivity index (χ2v) is 8.48. The summed E-state index contributed by atoms with van der Waals surface area (Å²) in [7, 11) is 0. The molecule has 2 heterocycles. The van der Waals surface area contributed by atoms with Gasteiger partial charge in [0.25, 0.3) is 0 Å². The monoisotopic (exact) mass is 378 g/mol. The summed E-state index contributed by atoms with van der Waals surface area (Å²) in [5.41, 5.74) is 1.85. The zero-order valence-electron chi connectivity index (χ0n) is 16.8. The number of rotatable bonds is 6. The zero-order valence-corrected chi connectivity index (χ0v) is 16.8. The Kier molecular flexibility index (Phi) is 5.25. The molecular weight excluding hydrogens is 348 g/mol. The molecule has 5 nitrogen and oxygen atoms in total. The second-order valence-electron chi connectivity index (χ2n) is 8.48. The Bertz CT molecular complexity index is 886. The Balaban J connectivity index is 1.54. The lowest BCUT2D eigenvalue weighted by atomic mass is 9.78. The summed E-state index contributed by atoms with van der Waals surface area (Å²) in [4.78, 5) is 21.3. The van der Waals surface area contributed by atoms with Crippen LogP contribution in [0, 0.1) is 5.92 Å². The highest BCUT2D eigenvalue weighted by Gasteiger charge is 2.36. The van der Waals surface area contributed by atoms with Crippen molar-refractivity contribution in [2.45, 2.75) is 64.0 Å². The van der Waals surface area contributed by atoms with Gasteiger partial charge in [0.15, 0.2) is 0 Å². The molecule has 0 radical (unpaired) electrons. The van der Waals surface area contributed by atoms with Crippen LogP contribution in [0.4, 0.5) is 0 Å². The molecule has 1 saturated carbocycles. The van der Waals surface area contributed by atoms with Gasteiger partial charge in [0, 0.05) is 12.4 Å². The number of carbonyl (C=O) groups excluding carboxylic acids is 1. The summed E-state index contributed by atoms with van der Waals surface area (Å²) < 4.78 is 2.26. The van der Waals surface area contributed by atoms with E-state index in [1.807, 2.05) is 24.3 Å². The number of amides is 1. The molecule has 0 spiro atoms. The Labute approximate surface area is 166 Å². The summed E-state index contributed by atoms with van der Waals surface area (Å²) in [5.74, 6) is 1.19. The normalized spacial score (nSPS) is 17.7. The van der Waals surface area contributed by atoms with E-state index < -0.39 is 0 Å². The van der Waals surface area contributed by atoms with Crippen molar-refractivity contribution in [3.63, 3.8) is 0 Å². The zero-order chi connectivity index (χ0) is 19.6. The van der Waals surface area contributed by atoms with Crippen molar-refractivity contribution in [1.82, 2.24) is 19.9 Å². The van der Waals surface area contributed by atoms with Crippen LogP contribution in [0.3, 0.4) is 0 Å². The molecule has 2 aromatic heterocycles. The van der Waals surface area contributed by atoms with Crippen molar-refractivity contribution in [1.29, 1.82) is 0 Å². The molecule has 148 valence electrons. The van der Waals surface area contributed by atoms with E-state index in [1.165, 1.54) is 19.3 Å². The number of imidazole rings is 1. The van der Waals surface area contributed by atoms with Crippen molar-refractivity contribution in [3.05, 3.63) is 54.6 Å². The molecule has 1 aromatic carbocycles. The van der Waals surface area contributed by atoms with Gasteiger partial charge in [-0.25, -0.2) is 4.98 Å². The number of hydrogen-bond donors (Lipinski definition) is 2. The first kappa shape index (κ1) is 18.8. The van der Waals surface area contributed by atoms with Gasteiger partial charge in [0.05, 0.1) is 29.0 Å². The first-order valence-corrected chi connectivity index (χ1v) is 10.4. The number of carbonyl (C=O) groups is 1. The Hall–Kier alpha value is -2.56. The summed E-state index contributed by atoms with van der Waals surface area (Å²) in [5, 5.41) is 3.28. The third-order valence-electron chi connectivity index (χ3n) is 6.11. The Morgan fingerprint density at radius 3 is 2.54 bits per heavy atom. The molecule has 0 unspecified atom stereocenters. The fraction of sp³-hybridized carbons (Fsp3) is 0.478. The fourth-order valence-electron chi connectivity index (χ4n) is 4.58. The maximum Gasteiger partial charge on any atom is 0.222 e. The maximum absolute atomic E-state index is 13.1. The highest BCUT2D eigenvalue weighted by Crippen LogP contribution is 2.38. The number of benzene rings is 1.